The highest BCUT2D eigenvalue weighted by atomic mass is 16.3. The number of hydrogen-bond donors (Lipinski definition) is 3. The second kappa shape index (κ2) is 7.98. The molecule has 0 saturated heterocycles. The summed E-state index contributed by atoms with van der Waals surface area (Å²) in [4.78, 5) is 27.4. The lowest BCUT2D eigenvalue weighted by Gasteiger charge is -2.08. The van der Waals surface area contributed by atoms with Gasteiger partial charge in [0.25, 0.3) is 5.91 Å². The average Bonchev–Trinajstić information content (AvgIpc) is 3.15. The Hall–Kier alpha value is -3.61. The van der Waals surface area contributed by atoms with E-state index in [4.69, 9.17) is 4.42 Å². The van der Waals surface area contributed by atoms with E-state index in [2.05, 4.69) is 20.9 Å². The molecule has 3 N–H and O–H groups in total. The van der Waals surface area contributed by atoms with Crippen LogP contribution in [0.3, 0.4) is 0 Å². The second-order valence-electron chi connectivity index (χ2n) is 5.58. The Morgan fingerprint density at radius 3 is 2.23 bits per heavy atom. The van der Waals surface area contributed by atoms with Gasteiger partial charge in [-0.2, -0.15) is 0 Å². The maximum absolute atomic E-state index is 12.3. The van der Waals surface area contributed by atoms with Gasteiger partial charge >= 0.3 is 0 Å². The van der Waals surface area contributed by atoms with Crippen LogP contribution in [0.4, 0.5) is 17.1 Å². The summed E-state index contributed by atoms with van der Waals surface area (Å²) in [5.74, 6) is 0.358. The average molecular weight is 350 g/mol. The van der Waals surface area contributed by atoms with E-state index in [1.165, 1.54) is 6.92 Å². The molecule has 0 aliphatic heterocycles. The number of rotatable bonds is 6. The van der Waals surface area contributed by atoms with Crippen LogP contribution in [0.15, 0.2) is 65.4 Å². The maximum atomic E-state index is 12.3. The van der Waals surface area contributed by atoms with Crippen LogP contribution >= 0.6 is 0 Å². The summed E-state index contributed by atoms with van der Waals surface area (Å²) in [5, 5.41) is 8.59. The standard InChI is InChI=1S/C19H18N4O3/c1-13(24)22-14-4-6-15(7-5-14)23-19(25)18-9-8-16(11-21-18)20-12-17-3-2-10-26-17/h2-11,20H,12H2,1H3,(H,22,24)(H,23,25). The molecule has 7 heteroatoms. The molecule has 0 saturated carbocycles. The molecule has 0 aliphatic rings. The number of carbonyl (C=O) groups is 2. The number of nitrogens with one attached hydrogen (secondary N) is 3. The molecule has 3 aromatic rings. The Morgan fingerprint density at radius 1 is 0.962 bits per heavy atom. The molecular weight excluding hydrogens is 332 g/mol. The Labute approximate surface area is 150 Å². The van der Waals surface area contributed by atoms with Crippen LogP contribution in [0.25, 0.3) is 0 Å². The zero-order chi connectivity index (χ0) is 18.4. The van der Waals surface area contributed by atoms with Crippen LogP contribution < -0.4 is 16.0 Å². The van der Waals surface area contributed by atoms with Crippen molar-refractivity contribution in [2.75, 3.05) is 16.0 Å². The quantitative estimate of drug-likeness (QED) is 0.632. The molecule has 1 aromatic carbocycles. The number of nitrogens with zero attached hydrogens (tertiary/aromatic N) is 1. The highest BCUT2D eigenvalue weighted by molar-refractivity contribution is 6.03. The molecule has 2 heterocycles. The predicted molar refractivity (Wildman–Crippen MR) is 99.0 cm³/mol. The van der Waals surface area contributed by atoms with Gasteiger partial charge in [-0.1, -0.05) is 0 Å². The molecule has 0 fully saturated rings. The summed E-state index contributed by atoms with van der Waals surface area (Å²) in [5.41, 5.74) is 2.38. The van der Waals surface area contributed by atoms with Crippen molar-refractivity contribution < 1.29 is 14.0 Å². The lowest BCUT2D eigenvalue weighted by Crippen LogP contribution is -2.14. The maximum Gasteiger partial charge on any atom is 0.274 e. The topological polar surface area (TPSA) is 96.3 Å². The van der Waals surface area contributed by atoms with Gasteiger partial charge in [0.1, 0.15) is 11.5 Å². The summed E-state index contributed by atoms with van der Waals surface area (Å²) in [6.45, 7) is 1.98. The van der Waals surface area contributed by atoms with Gasteiger partial charge in [-0.15, -0.1) is 0 Å². The highest BCUT2D eigenvalue weighted by Gasteiger charge is 2.08. The molecule has 132 valence electrons. The minimum Gasteiger partial charge on any atom is -0.467 e. The molecule has 0 spiro atoms. The van der Waals surface area contributed by atoms with Crippen molar-refractivity contribution in [3.63, 3.8) is 0 Å². The lowest BCUT2D eigenvalue weighted by molar-refractivity contribution is -0.114. The largest absolute Gasteiger partial charge is 0.467 e. The summed E-state index contributed by atoms with van der Waals surface area (Å²) in [7, 11) is 0. The monoisotopic (exact) mass is 350 g/mol. The smallest absolute Gasteiger partial charge is 0.274 e. The minimum absolute atomic E-state index is 0.147. The van der Waals surface area contributed by atoms with E-state index < -0.39 is 0 Å². The van der Waals surface area contributed by atoms with Gasteiger partial charge in [-0.3, -0.25) is 9.59 Å². The first-order valence-corrected chi connectivity index (χ1v) is 8.01. The Kier molecular flexibility index (Phi) is 5.28. The van der Waals surface area contributed by atoms with E-state index in [1.807, 2.05) is 12.1 Å². The molecule has 0 radical (unpaired) electrons. The van der Waals surface area contributed by atoms with Crippen LogP contribution in [-0.4, -0.2) is 16.8 Å². The van der Waals surface area contributed by atoms with Crippen LogP contribution in [-0.2, 0) is 11.3 Å². The Balaban J connectivity index is 1.56. The summed E-state index contributed by atoms with van der Waals surface area (Å²) < 4.78 is 5.24. The number of amides is 2. The number of carbonyl (C=O) groups excluding carboxylic acids is 2. The first-order chi connectivity index (χ1) is 12.6. The molecule has 2 amide bonds. The Morgan fingerprint density at radius 2 is 1.65 bits per heavy atom. The molecule has 7 nitrogen and oxygen atoms in total. The van der Waals surface area contributed by atoms with Crippen molar-refractivity contribution >= 4 is 28.9 Å². The van der Waals surface area contributed by atoms with E-state index in [1.54, 1.807) is 48.9 Å². The molecular formula is C19H18N4O3. The SMILES string of the molecule is CC(=O)Nc1ccc(NC(=O)c2ccc(NCc3ccco3)cn2)cc1. The van der Waals surface area contributed by atoms with Gasteiger partial charge in [0.2, 0.25) is 5.91 Å². The number of furan rings is 1. The van der Waals surface area contributed by atoms with Crippen molar-refractivity contribution in [3.05, 3.63) is 72.4 Å². The van der Waals surface area contributed by atoms with Crippen molar-refractivity contribution in [2.45, 2.75) is 13.5 Å². The predicted octanol–water partition coefficient (Wildman–Crippen LogP) is 3.50. The Bertz CT molecular complexity index is 872. The number of aromatic nitrogens is 1. The third kappa shape index (κ3) is 4.70. The van der Waals surface area contributed by atoms with Crippen molar-refractivity contribution in [1.29, 1.82) is 0 Å². The minimum atomic E-state index is -0.310. The highest BCUT2D eigenvalue weighted by Crippen LogP contribution is 2.15. The fourth-order valence-electron chi connectivity index (χ4n) is 2.27. The van der Waals surface area contributed by atoms with Crippen LogP contribution in [0, 0.1) is 0 Å². The normalized spacial score (nSPS) is 10.2. The van der Waals surface area contributed by atoms with Crippen LogP contribution in [0.2, 0.25) is 0 Å². The van der Waals surface area contributed by atoms with E-state index in [9.17, 15) is 9.59 Å². The van der Waals surface area contributed by atoms with Crippen LogP contribution in [0.1, 0.15) is 23.2 Å². The molecule has 0 aliphatic carbocycles. The summed E-state index contributed by atoms with van der Waals surface area (Å²) >= 11 is 0. The van der Waals surface area contributed by atoms with E-state index in [-0.39, 0.29) is 11.8 Å². The number of benzene rings is 1. The first-order valence-electron chi connectivity index (χ1n) is 8.01. The van der Waals surface area contributed by atoms with E-state index in [0.29, 0.717) is 23.6 Å². The number of pyridine rings is 1. The zero-order valence-electron chi connectivity index (χ0n) is 14.2. The molecule has 2 aromatic heterocycles. The zero-order valence-corrected chi connectivity index (χ0v) is 14.2. The molecule has 0 atom stereocenters. The van der Waals surface area contributed by atoms with E-state index in [0.717, 1.165) is 11.4 Å². The van der Waals surface area contributed by atoms with Crippen molar-refractivity contribution in [1.82, 2.24) is 4.98 Å². The molecule has 0 unspecified atom stereocenters. The first kappa shape index (κ1) is 17.2. The summed E-state index contributed by atoms with van der Waals surface area (Å²) in [6, 6.07) is 14.0. The third-order valence-electron chi connectivity index (χ3n) is 3.51. The lowest BCUT2D eigenvalue weighted by atomic mass is 10.2. The molecule has 3 rings (SSSR count). The number of hydrogen-bond acceptors (Lipinski definition) is 5. The van der Waals surface area contributed by atoms with Gasteiger partial charge in [0, 0.05) is 18.3 Å². The van der Waals surface area contributed by atoms with Gasteiger partial charge < -0.3 is 20.4 Å². The number of anilines is 3. The fraction of sp³-hybridized carbons (Fsp3) is 0.105. The second-order valence-corrected chi connectivity index (χ2v) is 5.58. The van der Waals surface area contributed by atoms with Crippen molar-refractivity contribution in [2.24, 2.45) is 0 Å². The van der Waals surface area contributed by atoms with Gasteiger partial charge in [-0.05, 0) is 48.5 Å². The van der Waals surface area contributed by atoms with Gasteiger partial charge in [-0.25, -0.2) is 4.98 Å². The van der Waals surface area contributed by atoms with Gasteiger partial charge in [0.05, 0.1) is 24.7 Å². The van der Waals surface area contributed by atoms with Crippen molar-refractivity contribution in [3.8, 4) is 0 Å². The van der Waals surface area contributed by atoms with Crippen LogP contribution in [0.5, 0.6) is 0 Å². The van der Waals surface area contributed by atoms with E-state index >= 15 is 0 Å². The summed E-state index contributed by atoms with van der Waals surface area (Å²) in [6.07, 6.45) is 3.21. The molecule has 26 heavy (non-hydrogen) atoms. The fourth-order valence-corrected chi connectivity index (χ4v) is 2.27. The van der Waals surface area contributed by atoms with Gasteiger partial charge in [0.15, 0.2) is 0 Å². The molecule has 0 bridgehead atoms. The third-order valence-corrected chi connectivity index (χ3v) is 3.51.